The highest BCUT2D eigenvalue weighted by atomic mass is 32.2. The van der Waals surface area contributed by atoms with Crippen LogP contribution in [0.2, 0.25) is 0 Å². The Morgan fingerprint density at radius 2 is 1.75 bits per heavy atom. The fourth-order valence-electron chi connectivity index (χ4n) is 2.53. The fraction of sp³-hybridized carbons (Fsp3) is 0.211. The van der Waals surface area contributed by atoms with Crippen molar-refractivity contribution >= 4 is 32.4 Å². The van der Waals surface area contributed by atoms with Crippen LogP contribution in [-0.4, -0.2) is 24.5 Å². The number of amides is 1. The molecule has 1 aromatic heterocycles. The number of nitrogens with one attached hydrogen (secondary N) is 2. The van der Waals surface area contributed by atoms with Crippen molar-refractivity contribution in [3.63, 3.8) is 0 Å². The van der Waals surface area contributed by atoms with Gasteiger partial charge < -0.3 is 0 Å². The summed E-state index contributed by atoms with van der Waals surface area (Å²) in [7, 11) is -3.86. The Kier molecular flexibility index (Phi) is 5.87. The minimum absolute atomic E-state index is 0.120. The van der Waals surface area contributed by atoms with Gasteiger partial charge in [-0.15, -0.1) is 10.2 Å². The molecule has 2 N–H and O–H groups in total. The van der Waals surface area contributed by atoms with Crippen LogP contribution in [0.3, 0.4) is 0 Å². The maximum atomic E-state index is 12.6. The van der Waals surface area contributed by atoms with Crippen LogP contribution >= 0.6 is 11.3 Å². The van der Waals surface area contributed by atoms with Crippen molar-refractivity contribution in [2.24, 2.45) is 0 Å². The molecule has 3 rings (SSSR count). The molecule has 0 bridgehead atoms. The Balaban J connectivity index is 1.71. The molecule has 0 saturated heterocycles. The van der Waals surface area contributed by atoms with Crippen molar-refractivity contribution in [3.8, 4) is 0 Å². The van der Waals surface area contributed by atoms with E-state index in [2.05, 4.69) is 20.2 Å². The molecule has 0 saturated carbocycles. The van der Waals surface area contributed by atoms with Gasteiger partial charge in [0.15, 0.2) is 0 Å². The molecule has 0 radical (unpaired) electrons. The van der Waals surface area contributed by atoms with Crippen molar-refractivity contribution in [1.82, 2.24) is 14.9 Å². The van der Waals surface area contributed by atoms with Crippen molar-refractivity contribution in [1.29, 1.82) is 0 Å². The van der Waals surface area contributed by atoms with Crippen LogP contribution < -0.4 is 10.0 Å². The SMILES string of the molecule is Cc1ccc([C@@H](C)NS(=O)(=O)c2nnc(NC(=O)c3cccc(C)c3)s2)cc1. The third kappa shape index (κ3) is 4.80. The van der Waals surface area contributed by atoms with Crippen molar-refractivity contribution in [3.05, 3.63) is 70.8 Å². The van der Waals surface area contributed by atoms with E-state index in [1.165, 1.54) is 0 Å². The van der Waals surface area contributed by atoms with E-state index < -0.39 is 16.1 Å². The second-order valence-electron chi connectivity index (χ2n) is 6.45. The molecule has 1 atom stereocenters. The Morgan fingerprint density at radius 1 is 1.04 bits per heavy atom. The van der Waals surface area contributed by atoms with Crippen LogP contribution in [-0.2, 0) is 10.0 Å². The van der Waals surface area contributed by atoms with E-state index in [9.17, 15) is 13.2 Å². The van der Waals surface area contributed by atoms with Gasteiger partial charge in [-0.2, -0.15) is 0 Å². The minimum Gasteiger partial charge on any atom is -0.296 e. The number of carbonyl (C=O) groups excluding carboxylic acids is 1. The zero-order chi connectivity index (χ0) is 20.3. The number of rotatable bonds is 6. The Labute approximate surface area is 167 Å². The van der Waals surface area contributed by atoms with E-state index in [-0.39, 0.29) is 15.4 Å². The average Bonchev–Trinajstić information content (AvgIpc) is 3.11. The number of aromatic nitrogens is 2. The zero-order valence-electron chi connectivity index (χ0n) is 15.6. The van der Waals surface area contributed by atoms with Crippen molar-refractivity contribution < 1.29 is 13.2 Å². The molecule has 0 aliphatic carbocycles. The van der Waals surface area contributed by atoms with Crippen LogP contribution in [0.15, 0.2) is 52.9 Å². The lowest BCUT2D eigenvalue weighted by Gasteiger charge is -2.13. The normalized spacial score (nSPS) is 12.5. The number of hydrogen-bond donors (Lipinski definition) is 2. The van der Waals surface area contributed by atoms with Gasteiger partial charge in [0.1, 0.15) is 0 Å². The molecule has 146 valence electrons. The van der Waals surface area contributed by atoms with Crippen LogP contribution in [0, 0.1) is 13.8 Å². The highest BCUT2D eigenvalue weighted by Gasteiger charge is 2.23. The summed E-state index contributed by atoms with van der Waals surface area (Å²) in [5.41, 5.74) is 3.34. The molecule has 2 aromatic carbocycles. The van der Waals surface area contributed by atoms with Gasteiger partial charge in [0.2, 0.25) is 9.47 Å². The number of aryl methyl sites for hydroxylation is 2. The molecular weight excluding hydrogens is 396 g/mol. The molecule has 0 spiro atoms. The number of anilines is 1. The predicted molar refractivity (Wildman–Crippen MR) is 109 cm³/mol. The summed E-state index contributed by atoms with van der Waals surface area (Å²) < 4.78 is 27.5. The van der Waals surface area contributed by atoms with E-state index in [4.69, 9.17) is 0 Å². The number of benzene rings is 2. The molecule has 0 aliphatic rings. The molecule has 7 nitrogen and oxygen atoms in total. The van der Waals surface area contributed by atoms with Crippen molar-refractivity contribution in [2.45, 2.75) is 31.2 Å². The molecule has 1 amide bonds. The standard InChI is InChI=1S/C19H20N4O3S2/c1-12-7-9-15(10-8-12)14(3)23-28(25,26)19-22-21-18(27-19)20-17(24)16-6-4-5-13(2)11-16/h4-11,14,23H,1-3H3,(H,20,21,24)/t14-/m1/s1. The van der Waals surface area contributed by atoms with Crippen LogP contribution in [0.25, 0.3) is 0 Å². The smallest absolute Gasteiger partial charge is 0.270 e. The molecule has 1 heterocycles. The van der Waals surface area contributed by atoms with Gasteiger partial charge in [0, 0.05) is 11.6 Å². The molecular formula is C19H20N4O3S2. The summed E-state index contributed by atoms with van der Waals surface area (Å²) in [6, 6.07) is 14.2. The van der Waals surface area contributed by atoms with Gasteiger partial charge in [-0.05, 0) is 38.5 Å². The van der Waals surface area contributed by atoms with E-state index in [0.717, 1.165) is 28.0 Å². The lowest BCUT2D eigenvalue weighted by atomic mass is 10.1. The predicted octanol–water partition coefficient (Wildman–Crippen LogP) is 3.45. The lowest BCUT2D eigenvalue weighted by Crippen LogP contribution is -2.26. The summed E-state index contributed by atoms with van der Waals surface area (Å²) in [6.07, 6.45) is 0. The maximum absolute atomic E-state index is 12.6. The first kappa shape index (κ1) is 20.1. The third-order valence-corrected chi connectivity index (χ3v) is 6.79. The quantitative estimate of drug-likeness (QED) is 0.600. The molecule has 0 fully saturated rings. The number of carbonyl (C=O) groups is 1. The first-order valence-corrected chi connectivity index (χ1v) is 10.8. The zero-order valence-corrected chi connectivity index (χ0v) is 17.3. The van der Waals surface area contributed by atoms with Crippen LogP contribution in [0.1, 0.15) is 40.0 Å². The number of sulfonamides is 1. The Hall–Kier alpha value is -2.62. The fourth-order valence-corrected chi connectivity index (χ4v) is 4.67. The summed E-state index contributed by atoms with van der Waals surface area (Å²) in [5.74, 6) is -0.371. The van der Waals surface area contributed by atoms with E-state index >= 15 is 0 Å². The topological polar surface area (TPSA) is 101 Å². The number of hydrogen-bond acceptors (Lipinski definition) is 6. The summed E-state index contributed by atoms with van der Waals surface area (Å²) in [6.45, 7) is 5.60. The Morgan fingerprint density at radius 3 is 2.43 bits per heavy atom. The van der Waals surface area contributed by atoms with Gasteiger partial charge >= 0.3 is 0 Å². The highest BCUT2D eigenvalue weighted by Crippen LogP contribution is 2.23. The largest absolute Gasteiger partial charge is 0.296 e. The van der Waals surface area contributed by atoms with Crippen LogP contribution in [0.4, 0.5) is 5.13 Å². The average molecular weight is 417 g/mol. The summed E-state index contributed by atoms with van der Waals surface area (Å²) in [5, 5.41) is 10.2. The van der Waals surface area contributed by atoms with Gasteiger partial charge in [-0.1, -0.05) is 58.9 Å². The number of nitrogens with zero attached hydrogens (tertiary/aromatic N) is 2. The summed E-state index contributed by atoms with van der Waals surface area (Å²) >= 11 is 0.802. The molecule has 28 heavy (non-hydrogen) atoms. The summed E-state index contributed by atoms with van der Waals surface area (Å²) in [4.78, 5) is 12.3. The van der Waals surface area contributed by atoms with E-state index in [0.29, 0.717) is 5.56 Å². The Bertz CT molecular complexity index is 1090. The second kappa shape index (κ2) is 8.17. The highest BCUT2D eigenvalue weighted by molar-refractivity contribution is 7.91. The third-order valence-electron chi connectivity index (χ3n) is 4.05. The van der Waals surface area contributed by atoms with Crippen molar-refractivity contribution in [2.75, 3.05) is 5.32 Å². The van der Waals surface area contributed by atoms with Gasteiger partial charge in [-0.25, -0.2) is 13.1 Å². The van der Waals surface area contributed by atoms with E-state index in [1.54, 1.807) is 25.1 Å². The van der Waals surface area contributed by atoms with Gasteiger partial charge in [-0.3, -0.25) is 10.1 Å². The lowest BCUT2D eigenvalue weighted by molar-refractivity contribution is 0.102. The first-order chi connectivity index (χ1) is 13.2. The minimum atomic E-state index is -3.86. The monoisotopic (exact) mass is 416 g/mol. The molecule has 0 aliphatic heterocycles. The molecule has 0 unspecified atom stereocenters. The maximum Gasteiger partial charge on any atom is 0.270 e. The first-order valence-electron chi connectivity index (χ1n) is 8.55. The van der Waals surface area contributed by atoms with Crippen LogP contribution in [0.5, 0.6) is 0 Å². The molecule has 9 heteroatoms. The molecule has 3 aromatic rings. The van der Waals surface area contributed by atoms with Gasteiger partial charge in [0.25, 0.3) is 15.9 Å². The second-order valence-corrected chi connectivity index (χ2v) is 9.32. The van der Waals surface area contributed by atoms with Gasteiger partial charge in [0.05, 0.1) is 0 Å². The van der Waals surface area contributed by atoms with E-state index in [1.807, 2.05) is 44.2 Å².